The molecule has 2 atom stereocenters. The smallest absolute Gasteiger partial charge is 0.321 e. The Bertz CT molecular complexity index is 582. The molecule has 2 amide bonds. The molecule has 0 radical (unpaired) electrons. The van der Waals surface area contributed by atoms with Gasteiger partial charge < -0.3 is 15.3 Å². The lowest BCUT2D eigenvalue weighted by Gasteiger charge is -2.34. The largest absolute Gasteiger partial charge is 0.481 e. The number of carboxylic acids is 1. The number of amides is 2. The van der Waals surface area contributed by atoms with Crippen molar-refractivity contribution < 1.29 is 14.7 Å². The number of nitrogens with one attached hydrogen (secondary N) is 1. The molecule has 7 heteroatoms. The molecule has 0 spiro atoms. The maximum Gasteiger partial charge on any atom is 0.321 e. The number of hydrogen-bond acceptors (Lipinski definition) is 3. The summed E-state index contributed by atoms with van der Waals surface area (Å²) in [6, 6.07) is 5.05. The SMILES string of the molecule is CSc1ccc(NC(=O)N2CC(C)CC(C(=O)O)C2)cc1Cl. The van der Waals surface area contributed by atoms with E-state index in [0.717, 1.165) is 4.90 Å². The highest BCUT2D eigenvalue weighted by atomic mass is 35.5. The van der Waals surface area contributed by atoms with E-state index in [1.165, 1.54) is 11.8 Å². The Balaban J connectivity index is 2.05. The molecule has 1 aromatic rings. The van der Waals surface area contributed by atoms with Crippen LogP contribution in [0.5, 0.6) is 0 Å². The summed E-state index contributed by atoms with van der Waals surface area (Å²) >= 11 is 7.66. The molecule has 1 aliphatic heterocycles. The van der Waals surface area contributed by atoms with Gasteiger partial charge in [-0.2, -0.15) is 0 Å². The van der Waals surface area contributed by atoms with Crippen LogP contribution in [0.3, 0.4) is 0 Å². The van der Waals surface area contributed by atoms with E-state index < -0.39 is 11.9 Å². The number of benzene rings is 1. The van der Waals surface area contributed by atoms with Gasteiger partial charge >= 0.3 is 12.0 Å². The van der Waals surface area contributed by atoms with Gasteiger partial charge in [0.25, 0.3) is 0 Å². The number of aliphatic carboxylic acids is 1. The van der Waals surface area contributed by atoms with Crippen LogP contribution in [0.1, 0.15) is 13.3 Å². The number of hydrogen-bond donors (Lipinski definition) is 2. The lowest BCUT2D eigenvalue weighted by atomic mass is 9.91. The van der Waals surface area contributed by atoms with Crippen LogP contribution in [0, 0.1) is 11.8 Å². The van der Waals surface area contributed by atoms with E-state index in [1.807, 2.05) is 19.2 Å². The van der Waals surface area contributed by atoms with Crippen molar-refractivity contribution in [2.24, 2.45) is 11.8 Å². The molecule has 1 heterocycles. The average Bonchev–Trinajstić information content (AvgIpc) is 2.46. The Kier molecular flexibility index (Phi) is 5.58. The Morgan fingerprint density at radius 3 is 2.73 bits per heavy atom. The maximum atomic E-state index is 12.3. The molecule has 1 aliphatic rings. The van der Waals surface area contributed by atoms with Crippen LogP contribution in [0.2, 0.25) is 5.02 Å². The van der Waals surface area contributed by atoms with Crippen molar-refractivity contribution in [3.05, 3.63) is 23.2 Å². The minimum atomic E-state index is -0.850. The van der Waals surface area contributed by atoms with Crippen LogP contribution >= 0.6 is 23.4 Å². The molecule has 2 N–H and O–H groups in total. The van der Waals surface area contributed by atoms with E-state index >= 15 is 0 Å². The van der Waals surface area contributed by atoms with Gasteiger partial charge in [0.05, 0.1) is 10.9 Å². The fourth-order valence-electron chi connectivity index (χ4n) is 2.64. The second kappa shape index (κ2) is 7.24. The number of carboxylic acid groups (broad SMARTS) is 1. The summed E-state index contributed by atoms with van der Waals surface area (Å²) in [5.41, 5.74) is 0.609. The van der Waals surface area contributed by atoms with Crippen LogP contribution in [0.25, 0.3) is 0 Å². The topological polar surface area (TPSA) is 69.6 Å². The summed E-state index contributed by atoms with van der Waals surface area (Å²) in [4.78, 5) is 26.0. The molecule has 5 nitrogen and oxygen atoms in total. The van der Waals surface area contributed by atoms with E-state index in [1.54, 1.807) is 17.0 Å². The van der Waals surface area contributed by atoms with Crippen LogP contribution in [-0.2, 0) is 4.79 Å². The minimum absolute atomic E-state index is 0.169. The van der Waals surface area contributed by atoms with Gasteiger partial charge in [0.15, 0.2) is 0 Å². The molecule has 2 unspecified atom stereocenters. The summed E-state index contributed by atoms with van der Waals surface area (Å²) in [6.07, 6.45) is 2.54. The van der Waals surface area contributed by atoms with Crippen molar-refractivity contribution in [2.75, 3.05) is 24.7 Å². The number of rotatable bonds is 3. The third-order valence-electron chi connectivity index (χ3n) is 3.70. The van der Waals surface area contributed by atoms with Crippen LogP contribution < -0.4 is 5.32 Å². The van der Waals surface area contributed by atoms with E-state index in [4.69, 9.17) is 16.7 Å². The van der Waals surface area contributed by atoms with Gasteiger partial charge in [-0.3, -0.25) is 4.79 Å². The zero-order valence-corrected chi connectivity index (χ0v) is 14.1. The highest BCUT2D eigenvalue weighted by Crippen LogP contribution is 2.28. The van der Waals surface area contributed by atoms with Crippen LogP contribution in [0.4, 0.5) is 10.5 Å². The third-order valence-corrected chi connectivity index (χ3v) is 4.92. The summed E-state index contributed by atoms with van der Waals surface area (Å²) < 4.78 is 0. The number of likely N-dealkylation sites (tertiary alicyclic amines) is 1. The first-order valence-electron chi connectivity index (χ1n) is 7.03. The van der Waals surface area contributed by atoms with Gasteiger partial charge in [-0.25, -0.2) is 4.79 Å². The van der Waals surface area contributed by atoms with E-state index in [9.17, 15) is 9.59 Å². The highest BCUT2D eigenvalue weighted by molar-refractivity contribution is 7.98. The zero-order valence-electron chi connectivity index (χ0n) is 12.5. The highest BCUT2D eigenvalue weighted by Gasteiger charge is 2.31. The van der Waals surface area contributed by atoms with Crippen molar-refractivity contribution >= 4 is 41.1 Å². The third kappa shape index (κ3) is 4.08. The van der Waals surface area contributed by atoms with Crippen molar-refractivity contribution in [3.63, 3.8) is 0 Å². The molecule has 0 saturated carbocycles. The number of anilines is 1. The maximum absolute atomic E-state index is 12.3. The predicted molar refractivity (Wildman–Crippen MR) is 88.7 cm³/mol. The Labute approximate surface area is 139 Å². The van der Waals surface area contributed by atoms with Gasteiger partial charge in [-0.05, 0) is 36.8 Å². The number of carbonyl (C=O) groups excluding carboxylic acids is 1. The molecule has 1 fully saturated rings. The number of thioether (sulfide) groups is 1. The van der Waals surface area contributed by atoms with Crippen molar-refractivity contribution in [1.29, 1.82) is 0 Å². The molecular weight excluding hydrogens is 324 g/mol. The molecule has 120 valence electrons. The van der Waals surface area contributed by atoms with E-state index in [0.29, 0.717) is 23.7 Å². The lowest BCUT2D eigenvalue weighted by Crippen LogP contribution is -2.47. The van der Waals surface area contributed by atoms with Crippen LogP contribution in [0.15, 0.2) is 23.1 Å². The lowest BCUT2D eigenvalue weighted by molar-refractivity contribution is -0.143. The molecule has 2 rings (SSSR count). The monoisotopic (exact) mass is 342 g/mol. The minimum Gasteiger partial charge on any atom is -0.481 e. The summed E-state index contributed by atoms with van der Waals surface area (Å²) in [7, 11) is 0. The van der Waals surface area contributed by atoms with Gasteiger partial charge in [0, 0.05) is 23.7 Å². The summed E-state index contributed by atoms with van der Waals surface area (Å²) in [6.45, 7) is 2.76. The first-order valence-corrected chi connectivity index (χ1v) is 8.63. The first-order chi connectivity index (χ1) is 10.4. The van der Waals surface area contributed by atoms with Crippen molar-refractivity contribution in [1.82, 2.24) is 4.90 Å². The predicted octanol–water partition coefficient (Wildman–Crippen LogP) is 3.64. The van der Waals surface area contributed by atoms with Gasteiger partial charge in [0.1, 0.15) is 0 Å². The summed E-state index contributed by atoms with van der Waals surface area (Å²) in [5, 5.41) is 12.5. The average molecular weight is 343 g/mol. The fraction of sp³-hybridized carbons (Fsp3) is 0.467. The molecule has 0 bridgehead atoms. The number of nitrogens with zero attached hydrogens (tertiary/aromatic N) is 1. The van der Waals surface area contributed by atoms with Gasteiger partial charge in [-0.15, -0.1) is 11.8 Å². The number of piperidine rings is 1. The van der Waals surface area contributed by atoms with Crippen LogP contribution in [-0.4, -0.2) is 41.4 Å². The normalized spacial score (nSPS) is 21.5. The molecule has 22 heavy (non-hydrogen) atoms. The Hall–Kier alpha value is -1.40. The molecule has 0 aromatic heterocycles. The fourth-order valence-corrected chi connectivity index (χ4v) is 3.51. The van der Waals surface area contributed by atoms with Gasteiger partial charge in [0.2, 0.25) is 0 Å². The quantitative estimate of drug-likeness (QED) is 0.823. The molecule has 0 aliphatic carbocycles. The Morgan fingerprint density at radius 1 is 1.41 bits per heavy atom. The van der Waals surface area contributed by atoms with Gasteiger partial charge in [-0.1, -0.05) is 18.5 Å². The number of carbonyl (C=O) groups is 2. The van der Waals surface area contributed by atoms with E-state index in [-0.39, 0.29) is 18.5 Å². The Morgan fingerprint density at radius 2 is 2.14 bits per heavy atom. The summed E-state index contributed by atoms with van der Waals surface area (Å²) in [5.74, 6) is -1.18. The molecular formula is C15H19ClN2O3S. The zero-order chi connectivity index (χ0) is 16.3. The van der Waals surface area contributed by atoms with Crippen molar-refractivity contribution in [2.45, 2.75) is 18.2 Å². The number of urea groups is 1. The second-order valence-electron chi connectivity index (χ2n) is 5.56. The first kappa shape index (κ1) is 17.0. The standard InChI is InChI=1S/C15H19ClN2O3S/c1-9-5-10(14(19)20)8-18(7-9)15(21)17-11-3-4-13(22-2)12(16)6-11/h3-4,6,9-10H,5,7-8H2,1-2H3,(H,17,21)(H,19,20). The van der Waals surface area contributed by atoms with Crippen molar-refractivity contribution in [3.8, 4) is 0 Å². The van der Waals surface area contributed by atoms with E-state index in [2.05, 4.69) is 5.32 Å². The second-order valence-corrected chi connectivity index (χ2v) is 6.82. The molecule has 1 aromatic carbocycles. The molecule has 1 saturated heterocycles. The number of halogens is 1.